The molecule has 2 N–H and O–H groups in total. The molecule has 0 aliphatic carbocycles. The highest BCUT2D eigenvalue weighted by molar-refractivity contribution is 7.89. The Hall–Kier alpha value is -1.35. The standard InChI is InChI=1S/C10H12F4N2O2S/c1-15-7-4-2-3-5-8(7)19(17,18)16-6-10(13,14)9(11)12/h2-5,9,15-16H,6H2,1H3. The fraction of sp³-hybridized carbons (Fsp3) is 0.400. The van der Waals surface area contributed by atoms with Crippen molar-refractivity contribution in [3.8, 4) is 0 Å². The van der Waals surface area contributed by atoms with Gasteiger partial charge in [0.05, 0.1) is 12.2 Å². The largest absolute Gasteiger partial charge is 0.387 e. The molecule has 0 heterocycles. The van der Waals surface area contributed by atoms with Crippen LogP contribution in [0.2, 0.25) is 0 Å². The monoisotopic (exact) mass is 300 g/mol. The second-order valence-electron chi connectivity index (χ2n) is 3.63. The lowest BCUT2D eigenvalue weighted by molar-refractivity contribution is -0.122. The number of sulfonamides is 1. The molecule has 0 aliphatic heterocycles. The van der Waals surface area contributed by atoms with Crippen molar-refractivity contribution in [3.05, 3.63) is 24.3 Å². The van der Waals surface area contributed by atoms with E-state index in [1.54, 1.807) is 6.07 Å². The molecule has 0 unspecified atom stereocenters. The van der Waals surface area contributed by atoms with E-state index >= 15 is 0 Å². The first-order valence-electron chi connectivity index (χ1n) is 5.13. The molecule has 0 radical (unpaired) electrons. The first-order valence-corrected chi connectivity index (χ1v) is 6.61. The van der Waals surface area contributed by atoms with Crippen molar-refractivity contribution in [3.63, 3.8) is 0 Å². The van der Waals surface area contributed by atoms with Gasteiger partial charge in [-0.2, -0.15) is 8.78 Å². The summed E-state index contributed by atoms with van der Waals surface area (Å²) in [5.74, 6) is -4.42. The van der Waals surface area contributed by atoms with Crippen molar-refractivity contribution in [2.45, 2.75) is 17.2 Å². The average Bonchev–Trinajstić information content (AvgIpc) is 2.36. The van der Waals surface area contributed by atoms with Gasteiger partial charge in [0.2, 0.25) is 10.0 Å². The Morgan fingerprint density at radius 1 is 1.26 bits per heavy atom. The molecule has 108 valence electrons. The van der Waals surface area contributed by atoms with E-state index in [4.69, 9.17) is 0 Å². The number of halogens is 4. The molecule has 0 bridgehead atoms. The number of para-hydroxylation sites is 1. The van der Waals surface area contributed by atoms with Crippen LogP contribution in [0, 0.1) is 0 Å². The second kappa shape index (κ2) is 5.74. The van der Waals surface area contributed by atoms with Gasteiger partial charge in [0.1, 0.15) is 4.90 Å². The van der Waals surface area contributed by atoms with Gasteiger partial charge in [0.15, 0.2) is 0 Å². The topological polar surface area (TPSA) is 58.2 Å². The van der Waals surface area contributed by atoms with E-state index in [0.29, 0.717) is 0 Å². The fourth-order valence-corrected chi connectivity index (χ4v) is 2.51. The Labute approximate surface area is 107 Å². The minimum absolute atomic E-state index is 0.176. The van der Waals surface area contributed by atoms with Crippen LogP contribution < -0.4 is 10.0 Å². The van der Waals surface area contributed by atoms with Crippen LogP contribution in [0.15, 0.2) is 29.2 Å². The number of anilines is 1. The van der Waals surface area contributed by atoms with Gasteiger partial charge in [-0.25, -0.2) is 21.9 Å². The van der Waals surface area contributed by atoms with Crippen LogP contribution in [0.5, 0.6) is 0 Å². The summed E-state index contributed by atoms with van der Waals surface area (Å²) >= 11 is 0. The first kappa shape index (κ1) is 15.7. The van der Waals surface area contributed by atoms with Crippen LogP contribution in [-0.4, -0.2) is 34.4 Å². The summed E-state index contributed by atoms with van der Waals surface area (Å²) in [6, 6.07) is 5.52. The van der Waals surface area contributed by atoms with E-state index in [0.717, 1.165) is 0 Å². The Kier molecular flexibility index (Phi) is 4.75. The maximum absolute atomic E-state index is 12.7. The molecule has 0 aromatic heterocycles. The minimum atomic E-state index is -4.42. The number of hydrogen-bond acceptors (Lipinski definition) is 3. The summed E-state index contributed by atoms with van der Waals surface area (Å²) in [7, 11) is -2.85. The fourth-order valence-electron chi connectivity index (χ4n) is 1.25. The first-order chi connectivity index (χ1) is 8.70. The van der Waals surface area contributed by atoms with Crippen LogP contribution >= 0.6 is 0 Å². The van der Waals surface area contributed by atoms with Crippen molar-refractivity contribution < 1.29 is 26.0 Å². The molecule has 1 aromatic carbocycles. The molecule has 19 heavy (non-hydrogen) atoms. The zero-order valence-electron chi connectivity index (χ0n) is 9.83. The van der Waals surface area contributed by atoms with Crippen LogP contribution in [0.4, 0.5) is 23.2 Å². The summed E-state index contributed by atoms with van der Waals surface area (Å²) in [4.78, 5) is -0.289. The number of rotatable bonds is 6. The van der Waals surface area contributed by atoms with Crippen molar-refractivity contribution in [2.24, 2.45) is 0 Å². The van der Waals surface area contributed by atoms with E-state index in [-0.39, 0.29) is 10.6 Å². The molecule has 0 fully saturated rings. The van der Waals surface area contributed by atoms with Gasteiger partial charge >= 0.3 is 12.3 Å². The second-order valence-corrected chi connectivity index (χ2v) is 5.37. The molecule has 4 nitrogen and oxygen atoms in total. The summed E-state index contributed by atoms with van der Waals surface area (Å²) in [6.45, 7) is -1.66. The maximum atomic E-state index is 12.7. The van der Waals surface area contributed by atoms with Crippen LogP contribution in [0.25, 0.3) is 0 Å². The lowest BCUT2D eigenvalue weighted by atomic mass is 10.3. The van der Waals surface area contributed by atoms with E-state index in [1.165, 1.54) is 30.0 Å². The van der Waals surface area contributed by atoms with Gasteiger partial charge < -0.3 is 5.32 Å². The maximum Gasteiger partial charge on any atom is 0.320 e. The predicted octanol–water partition coefficient (Wildman–Crippen LogP) is 1.91. The molecule has 0 aliphatic rings. The van der Waals surface area contributed by atoms with E-state index in [9.17, 15) is 26.0 Å². The highest BCUT2D eigenvalue weighted by Crippen LogP contribution is 2.24. The van der Waals surface area contributed by atoms with Gasteiger partial charge in [-0.1, -0.05) is 12.1 Å². The van der Waals surface area contributed by atoms with E-state index in [2.05, 4.69) is 5.32 Å². The number of benzene rings is 1. The zero-order chi connectivity index (χ0) is 14.7. The van der Waals surface area contributed by atoms with Gasteiger partial charge in [-0.15, -0.1) is 0 Å². The molecule has 0 spiro atoms. The van der Waals surface area contributed by atoms with E-state index in [1.807, 2.05) is 0 Å². The van der Waals surface area contributed by atoms with Crippen LogP contribution in [0.3, 0.4) is 0 Å². The summed E-state index contributed by atoms with van der Waals surface area (Å²) in [5.41, 5.74) is 0.176. The Bertz CT molecular complexity index is 534. The summed E-state index contributed by atoms with van der Waals surface area (Å²) < 4.78 is 74.2. The molecule has 1 rings (SSSR count). The van der Waals surface area contributed by atoms with Crippen molar-refractivity contribution in [1.29, 1.82) is 0 Å². The van der Waals surface area contributed by atoms with Gasteiger partial charge in [0, 0.05) is 7.05 Å². The quantitative estimate of drug-likeness (QED) is 0.789. The molecule has 9 heteroatoms. The lowest BCUT2D eigenvalue weighted by Crippen LogP contribution is -2.41. The molecule has 0 saturated carbocycles. The minimum Gasteiger partial charge on any atom is -0.387 e. The number of nitrogens with one attached hydrogen (secondary N) is 2. The molecular weight excluding hydrogens is 288 g/mol. The molecule has 0 saturated heterocycles. The van der Waals surface area contributed by atoms with Crippen molar-refractivity contribution in [1.82, 2.24) is 4.72 Å². The molecule has 0 amide bonds. The third-order valence-electron chi connectivity index (χ3n) is 2.26. The highest BCUT2D eigenvalue weighted by atomic mass is 32.2. The van der Waals surface area contributed by atoms with Gasteiger partial charge in [-0.05, 0) is 12.1 Å². The summed E-state index contributed by atoms with van der Waals surface area (Å²) in [6.07, 6.45) is -3.94. The summed E-state index contributed by atoms with van der Waals surface area (Å²) in [5, 5.41) is 2.57. The average molecular weight is 300 g/mol. The van der Waals surface area contributed by atoms with Crippen molar-refractivity contribution in [2.75, 3.05) is 18.9 Å². The van der Waals surface area contributed by atoms with Crippen LogP contribution in [-0.2, 0) is 10.0 Å². The smallest absolute Gasteiger partial charge is 0.320 e. The number of hydrogen-bond donors (Lipinski definition) is 2. The van der Waals surface area contributed by atoms with Crippen LogP contribution in [0.1, 0.15) is 0 Å². The SMILES string of the molecule is CNc1ccccc1S(=O)(=O)NCC(F)(F)C(F)F. The number of alkyl halides is 4. The van der Waals surface area contributed by atoms with Gasteiger partial charge in [0.25, 0.3) is 0 Å². The third-order valence-corrected chi connectivity index (χ3v) is 3.72. The molecule has 1 aromatic rings. The predicted molar refractivity (Wildman–Crippen MR) is 62.1 cm³/mol. The van der Waals surface area contributed by atoms with Gasteiger partial charge in [-0.3, -0.25) is 0 Å². The Morgan fingerprint density at radius 3 is 2.37 bits per heavy atom. The third kappa shape index (κ3) is 3.80. The lowest BCUT2D eigenvalue weighted by Gasteiger charge is -2.17. The highest BCUT2D eigenvalue weighted by Gasteiger charge is 2.41. The normalized spacial score (nSPS) is 12.7. The Morgan fingerprint density at radius 2 is 1.84 bits per heavy atom. The molecular formula is C10H12F4N2O2S. The van der Waals surface area contributed by atoms with E-state index < -0.39 is 28.9 Å². The van der Waals surface area contributed by atoms with Crippen molar-refractivity contribution >= 4 is 15.7 Å². The Balaban J connectivity index is 2.94. The molecule has 0 atom stereocenters. The zero-order valence-corrected chi connectivity index (χ0v) is 10.6.